The quantitative estimate of drug-likeness (QED) is 0.843. The summed E-state index contributed by atoms with van der Waals surface area (Å²) < 4.78 is 31.6. The van der Waals surface area contributed by atoms with Gasteiger partial charge in [-0.25, -0.2) is 12.7 Å². The van der Waals surface area contributed by atoms with E-state index in [0.717, 1.165) is 12.8 Å². The van der Waals surface area contributed by atoms with E-state index < -0.39 is 10.0 Å². The van der Waals surface area contributed by atoms with Crippen molar-refractivity contribution in [2.75, 3.05) is 13.1 Å². The van der Waals surface area contributed by atoms with Crippen molar-refractivity contribution in [1.82, 2.24) is 9.46 Å². The molecule has 0 saturated carbocycles. The number of hydrogen-bond acceptors (Lipinski definition) is 4. The lowest BCUT2D eigenvalue weighted by atomic mass is 9.80. The number of benzene rings is 1. The van der Waals surface area contributed by atoms with Gasteiger partial charge in [0.2, 0.25) is 10.0 Å². The smallest absolute Gasteiger partial charge is 0.219 e. The fraction of sp³-hybridized carbons (Fsp3) is 0.471. The molecule has 0 bridgehead atoms. The van der Waals surface area contributed by atoms with Crippen molar-refractivity contribution in [3.8, 4) is 0 Å². The van der Waals surface area contributed by atoms with E-state index in [1.54, 1.807) is 10.4 Å². The van der Waals surface area contributed by atoms with E-state index >= 15 is 0 Å². The van der Waals surface area contributed by atoms with E-state index in [1.165, 1.54) is 11.8 Å². The van der Waals surface area contributed by atoms with Crippen LogP contribution in [0.1, 0.15) is 36.9 Å². The molecule has 1 aliphatic rings. The predicted molar refractivity (Wildman–Crippen MR) is 88.3 cm³/mol. The van der Waals surface area contributed by atoms with Gasteiger partial charge >= 0.3 is 0 Å². The Morgan fingerprint density at radius 2 is 2.04 bits per heavy atom. The van der Waals surface area contributed by atoms with Crippen LogP contribution in [0.15, 0.2) is 47.2 Å². The zero-order valence-corrected chi connectivity index (χ0v) is 14.1. The second-order valence-corrected chi connectivity index (χ2v) is 8.05. The minimum absolute atomic E-state index is 0.0874. The lowest BCUT2D eigenvalue weighted by Gasteiger charge is -2.37. The second kappa shape index (κ2) is 6.84. The molecule has 0 amide bonds. The number of aromatic nitrogens is 1. The first-order valence-electron chi connectivity index (χ1n) is 8.02. The first-order valence-corrected chi connectivity index (χ1v) is 9.63. The molecule has 5 nitrogen and oxygen atoms in total. The van der Waals surface area contributed by atoms with E-state index in [1.807, 2.05) is 6.07 Å². The molecule has 3 rings (SSSR count). The molecule has 1 fully saturated rings. The Morgan fingerprint density at radius 1 is 1.26 bits per heavy atom. The number of piperidine rings is 1. The Bertz CT molecular complexity index is 714. The van der Waals surface area contributed by atoms with E-state index in [9.17, 15) is 8.42 Å². The maximum Gasteiger partial charge on any atom is 0.219 e. The normalized spacial score (nSPS) is 23.0. The summed E-state index contributed by atoms with van der Waals surface area (Å²) >= 11 is 0. The molecule has 23 heavy (non-hydrogen) atoms. The van der Waals surface area contributed by atoms with Crippen molar-refractivity contribution < 1.29 is 12.9 Å². The number of nitrogens with zero attached hydrogens (tertiary/aromatic N) is 2. The Balaban J connectivity index is 1.73. The van der Waals surface area contributed by atoms with Gasteiger partial charge in [-0.1, -0.05) is 48.8 Å². The van der Waals surface area contributed by atoms with Crippen LogP contribution in [0.2, 0.25) is 0 Å². The maximum atomic E-state index is 12.6. The highest BCUT2D eigenvalue weighted by Crippen LogP contribution is 2.36. The van der Waals surface area contributed by atoms with Gasteiger partial charge in [-0.2, -0.15) is 0 Å². The van der Waals surface area contributed by atoms with E-state index in [-0.39, 0.29) is 5.75 Å². The molecule has 2 heterocycles. The first kappa shape index (κ1) is 16.2. The van der Waals surface area contributed by atoms with Crippen LogP contribution in [0.3, 0.4) is 0 Å². The summed E-state index contributed by atoms with van der Waals surface area (Å²) in [6.45, 7) is 3.28. The zero-order valence-electron chi connectivity index (χ0n) is 13.3. The Labute approximate surface area is 137 Å². The monoisotopic (exact) mass is 334 g/mol. The van der Waals surface area contributed by atoms with Crippen LogP contribution in [0.5, 0.6) is 0 Å². The fourth-order valence-corrected chi connectivity index (χ4v) is 4.90. The molecule has 6 heteroatoms. The highest BCUT2D eigenvalue weighted by Gasteiger charge is 2.34. The van der Waals surface area contributed by atoms with Gasteiger partial charge in [-0.15, -0.1) is 0 Å². The fourth-order valence-electron chi connectivity index (χ4n) is 3.39. The molecule has 124 valence electrons. The van der Waals surface area contributed by atoms with E-state index in [4.69, 9.17) is 4.52 Å². The van der Waals surface area contributed by atoms with Crippen LogP contribution < -0.4 is 0 Å². The minimum atomic E-state index is -3.34. The number of rotatable bonds is 5. The molecule has 0 N–H and O–H groups in total. The molecule has 0 aliphatic carbocycles. The second-order valence-electron chi connectivity index (χ2n) is 6.08. The molecule has 1 saturated heterocycles. The largest absolute Gasteiger partial charge is 0.364 e. The maximum absolute atomic E-state index is 12.6. The van der Waals surface area contributed by atoms with Crippen LogP contribution in [0.4, 0.5) is 0 Å². The van der Waals surface area contributed by atoms with Crippen molar-refractivity contribution in [3.63, 3.8) is 0 Å². The summed E-state index contributed by atoms with van der Waals surface area (Å²) in [7, 11) is -3.34. The van der Waals surface area contributed by atoms with Crippen molar-refractivity contribution in [2.24, 2.45) is 5.92 Å². The van der Waals surface area contributed by atoms with Gasteiger partial charge in [0.1, 0.15) is 12.0 Å². The molecule has 1 aromatic carbocycles. The van der Waals surface area contributed by atoms with E-state index in [0.29, 0.717) is 30.6 Å². The molecule has 2 aromatic rings. The van der Waals surface area contributed by atoms with Gasteiger partial charge in [0, 0.05) is 19.2 Å². The van der Waals surface area contributed by atoms with Gasteiger partial charge in [0.25, 0.3) is 0 Å². The first-order chi connectivity index (χ1) is 11.1. The standard InChI is InChI=1S/C17H22N2O3S/c1-2-14-12-19(23(20,21)13-16-9-11-22-18-16)10-8-17(14)15-6-4-3-5-7-15/h3-7,9,11,14,17H,2,8,10,12-13H2,1H3. The van der Waals surface area contributed by atoms with Crippen LogP contribution in [-0.4, -0.2) is 31.0 Å². The van der Waals surface area contributed by atoms with Gasteiger partial charge in [-0.3, -0.25) is 0 Å². The number of sulfonamides is 1. The topological polar surface area (TPSA) is 63.4 Å². The van der Waals surface area contributed by atoms with Gasteiger partial charge in [0.15, 0.2) is 0 Å². The predicted octanol–water partition coefficient (Wildman–Crippen LogP) is 3.02. The Kier molecular flexibility index (Phi) is 4.82. The van der Waals surface area contributed by atoms with Gasteiger partial charge in [0.05, 0.1) is 5.69 Å². The van der Waals surface area contributed by atoms with Crippen molar-refractivity contribution >= 4 is 10.0 Å². The molecular formula is C17H22N2O3S. The molecule has 2 unspecified atom stereocenters. The highest BCUT2D eigenvalue weighted by molar-refractivity contribution is 7.88. The van der Waals surface area contributed by atoms with Crippen LogP contribution in [0.25, 0.3) is 0 Å². The zero-order chi connectivity index (χ0) is 16.3. The van der Waals surface area contributed by atoms with Crippen LogP contribution >= 0.6 is 0 Å². The van der Waals surface area contributed by atoms with Crippen molar-refractivity contribution in [2.45, 2.75) is 31.4 Å². The molecule has 0 radical (unpaired) electrons. The lowest BCUT2D eigenvalue weighted by molar-refractivity contribution is 0.228. The van der Waals surface area contributed by atoms with Crippen molar-refractivity contribution in [3.05, 3.63) is 53.9 Å². The molecule has 0 spiro atoms. The Hall–Kier alpha value is -1.66. The molecule has 2 atom stereocenters. The minimum Gasteiger partial charge on any atom is -0.364 e. The lowest BCUT2D eigenvalue weighted by Crippen LogP contribution is -2.43. The summed E-state index contributed by atoms with van der Waals surface area (Å²) in [5.74, 6) is 0.689. The van der Waals surface area contributed by atoms with E-state index in [2.05, 4.69) is 36.3 Å². The molecule has 1 aliphatic heterocycles. The van der Waals surface area contributed by atoms with Gasteiger partial charge in [-0.05, 0) is 23.8 Å². The highest BCUT2D eigenvalue weighted by atomic mass is 32.2. The van der Waals surface area contributed by atoms with Crippen LogP contribution in [0, 0.1) is 5.92 Å². The van der Waals surface area contributed by atoms with Gasteiger partial charge < -0.3 is 4.52 Å². The van der Waals surface area contributed by atoms with Crippen LogP contribution in [-0.2, 0) is 15.8 Å². The summed E-state index contributed by atoms with van der Waals surface area (Å²) in [5.41, 5.74) is 1.77. The summed E-state index contributed by atoms with van der Waals surface area (Å²) in [6.07, 6.45) is 3.23. The SMILES string of the molecule is CCC1CN(S(=O)(=O)Cc2ccon2)CCC1c1ccccc1. The number of hydrogen-bond donors (Lipinski definition) is 0. The average molecular weight is 334 g/mol. The third-order valence-electron chi connectivity index (χ3n) is 4.66. The third-order valence-corrected chi connectivity index (χ3v) is 6.44. The summed E-state index contributed by atoms with van der Waals surface area (Å²) in [6, 6.07) is 12.0. The van der Waals surface area contributed by atoms with Crippen molar-refractivity contribution in [1.29, 1.82) is 0 Å². The molecule has 1 aromatic heterocycles. The third kappa shape index (κ3) is 3.64. The summed E-state index contributed by atoms with van der Waals surface area (Å²) in [5, 5.41) is 3.72. The summed E-state index contributed by atoms with van der Waals surface area (Å²) in [4.78, 5) is 0. The Morgan fingerprint density at radius 3 is 2.70 bits per heavy atom. The molecular weight excluding hydrogens is 312 g/mol. The average Bonchev–Trinajstić information content (AvgIpc) is 3.07.